The number of benzene rings is 2. The van der Waals surface area contributed by atoms with Gasteiger partial charge in [0.1, 0.15) is 5.78 Å². The standard InChI is InChI=1S/C14H20N2O3.C8H10N2O2.C5H8O2.ClH/c1-15(13-7-10-19-11-8-13)9-6-12-2-4-14(5-3-12)16(17)18;9-6-5-7-1-3-8(4-2-7)10(11)12;6-5-1-3-7-4-2-5;/h2-5,13H,6-11H2,1H3;1-4H,5-6,9H2;1-4H2;1H. The number of ether oxygens (including phenoxy) is 2. The number of rotatable bonds is 8. The van der Waals surface area contributed by atoms with Crippen LogP contribution in [0.25, 0.3) is 0 Å². The first-order valence-electron chi connectivity index (χ1n) is 12.8. The number of nitrogens with zero attached hydrogens (tertiary/aromatic N) is 3. The molecule has 39 heavy (non-hydrogen) atoms. The molecular weight excluding hydrogens is 528 g/mol. The van der Waals surface area contributed by atoms with Crippen LogP contribution in [-0.2, 0) is 27.1 Å². The Morgan fingerprint density at radius 2 is 1.26 bits per heavy atom. The number of nitro benzene ring substituents is 2. The first kappa shape index (κ1) is 34.1. The maximum absolute atomic E-state index is 10.6. The van der Waals surface area contributed by atoms with Crippen LogP contribution in [0.4, 0.5) is 11.4 Å². The molecule has 2 N–H and O–H groups in total. The first-order valence-corrected chi connectivity index (χ1v) is 12.8. The molecule has 0 spiro atoms. The Bertz CT molecular complexity index is 992. The lowest BCUT2D eigenvalue weighted by molar-refractivity contribution is -0.385. The smallest absolute Gasteiger partial charge is 0.269 e. The lowest BCUT2D eigenvalue weighted by Gasteiger charge is -2.31. The second kappa shape index (κ2) is 19.2. The molecule has 0 atom stereocenters. The molecular formula is C27H39ClN4O7. The Labute approximate surface area is 235 Å². The Kier molecular flexibility index (Phi) is 16.7. The number of non-ortho nitro benzene ring substituents is 2. The van der Waals surface area contributed by atoms with E-state index in [1.165, 1.54) is 12.1 Å². The topological polar surface area (TPSA) is 151 Å². The molecule has 216 valence electrons. The molecule has 2 aliphatic rings. The highest BCUT2D eigenvalue weighted by atomic mass is 35.5. The zero-order valence-corrected chi connectivity index (χ0v) is 23.2. The van der Waals surface area contributed by atoms with Crippen LogP contribution in [0.3, 0.4) is 0 Å². The molecule has 2 aromatic rings. The summed E-state index contributed by atoms with van der Waals surface area (Å²) in [5, 5.41) is 20.8. The molecule has 0 radical (unpaired) electrons. The normalized spacial score (nSPS) is 15.2. The van der Waals surface area contributed by atoms with E-state index in [0.717, 1.165) is 56.6 Å². The highest BCUT2D eigenvalue weighted by Gasteiger charge is 2.18. The molecule has 0 aliphatic carbocycles. The molecule has 2 aromatic carbocycles. The van der Waals surface area contributed by atoms with Crippen molar-refractivity contribution in [3.8, 4) is 0 Å². The molecule has 0 saturated carbocycles. The minimum absolute atomic E-state index is 0. The van der Waals surface area contributed by atoms with Crippen LogP contribution in [0, 0.1) is 20.2 Å². The van der Waals surface area contributed by atoms with E-state index in [-0.39, 0.29) is 28.7 Å². The van der Waals surface area contributed by atoms with E-state index in [0.29, 0.717) is 44.4 Å². The second-order valence-corrected chi connectivity index (χ2v) is 9.11. The summed E-state index contributed by atoms with van der Waals surface area (Å²) in [6.07, 6.45) is 5.12. The van der Waals surface area contributed by atoms with Crippen molar-refractivity contribution in [3.05, 3.63) is 79.9 Å². The van der Waals surface area contributed by atoms with E-state index in [1.54, 1.807) is 24.3 Å². The van der Waals surface area contributed by atoms with Crippen molar-refractivity contribution in [1.29, 1.82) is 0 Å². The van der Waals surface area contributed by atoms with Gasteiger partial charge in [0.25, 0.3) is 11.4 Å². The summed E-state index contributed by atoms with van der Waals surface area (Å²) in [7, 11) is 2.14. The Hall–Kier alpha value is -2.96. The second-order valence-electron chi connectivity index (χ2n) is 9.11. The predicted molar refractivity (Wildman–Crippen MR) is 151 cm³/mol. The molecule has 11 nitrogen and oxygen atoms in total. The van der Waals surface area contributed by atoms with Crippen molar-refractivity contribution in [2.24, 2.45) is 5.73 Å². The van der Waals surface area contributed by atoms with Crippen LogP contribution >= 0.6 is 12.4 Å². The van der Waals surface area contributed by atoms with Crippen molar-refractivity contribution in [2.45, 2.75) is 44.6 Å². The summed E-state index contributed by atoms with van der Waals surface area (Å²) >= 11 is 0. The number of hydrogen-bond acceptors (Lipinski definition) is 9. The van der Waals surface area contributed by atoms with Crippen molar-refractivity contribution in [1.82, 2.24) is 4.90 Å². The lowest BCUT2D eigenvalue weighted by atomic mass is 10.1. The third kappa shape index (κ3) is 13.6. The molecule has 0 amide bonds. The first-order chi connectivity index (χ1) is 18.3. The Morgan fingerprint density at radius 3 is 1.64 bits per heavy atom. The number of carbonyl (C=O) groups is 1. The molecule has 2 saturated heterocycles. The largest absolute Gasteiger partial charge is 0.381 e. The number of ketones is 1. The fourth-order valence-corrected chi connectivity index (χ4v) is 3.95. The average Bonchev–Trinajstić information content (AvgIpc) is 2.94. The third-order valence-corrected chi connectivity index (χ3v) is 6.35. The summed E-state index contributed by atoms with van der Waals surface area (Å²) in [5.41, 5.74) is 7.77. The van der Waals surface area contributed by atoms with Gasteiger partial charge in [0.05, 0.1) is 23.1 Å². The minimum Gasteiger partial charge on any atom is -0.381 e. The maximum Gasteiger partial charge on any atom is 0.269 e. The monoisotopic (exact) mass is 566 g/mol. The van der Waals surface area contributed by atoms with Crippen LogP contribution in [0.5, 0.6) is 0 Å². The van der Waals surface area contributed by atoms with Crippen molar-refractivity contribution < 1.29 is 24.1 Å². The molecule has 2 aliphatic heterocycles. The predicted octanol–water partition coefficient (Wildman–Crippen LogP) is 4.13. The van der Waals surface area contributed by atoms with Gasteiger partial charge in [-0.2, -0.15) is 0 Å². The molecule has 12 heteroatoms. The zero-order valence-electron chi connectivity index (χ0n) is 22.4. The van der Waals surface area contributed by atoms with E-state index in [4.69, 9.17) is 15.2 Å². The zero-order chi connectivity index (χ0) is 27.8. The van der Waals surface area contributed by atoms with Crippen molar-refractivity contribution in [3.63, 3.8) is 0 Å². The minimum atomic E-state index is -0.410. The fraction of sp³-hybridized carbons (Fsp3) is 0.519. The van der Waals surface area contributed by atoms with Gasteiger partial charge in [0, 0.05) is 62.9 Å². The highest BCUT2D eigenvalue weighted by molar-refractivity contribution is 5.85. The molecule has 2 fully saturated rings. The number of halogens is 1. The maximum atomic E-state index is 10.6. The van der Waals surface area contributed by atoms with Crippen molar-refractivity contribution >= 4 is 29.6 Å². The number of nitro groups is 2. The van der Waals surface area contributed by atoms with E-state index in [1.807, 2.05) is 12.1 Å². The Morgan fingerprint density at radius 1 is 0.821 bits per heavy atom. The van der Waals surface area contributed by atoms with Gasteiger partial charge in [-0.1, -0.05) is 24.3 Å². The highest BCUT2D eigenvalue weighted by Crippen LogP contribution is 2.16. The molecule has 4 rings (SSSR count). The van der Waals surface area contributed by atoms with Gasteiger partial charge < -0.3 is 20.1 Å². The quantitative estimate of drug-likeness (QED) is 0.367. The van der Waals surface area contributed by atoms with Gasteiger partial charge in [-0.3, -0.25) is 25.0 Å². The van der Waals surface area contributed by atoms with Crippen LogP contribution < -0.4 is 5.73 Å². The fourth-order valence-electron chi connectivity index (χ4n) is 3.95. The summed E-state index contributed by atoms with van der Waals surface area (Å²) in [6, 6.07) is 13.9. The third-order valence-electron chi connectivity index (χ3n) is 6.35. The molecule has 0 bridgehead atoms. The van der Waals surface area contributed by atoms with Crippen molar-refractivity contribution in [2.75, 3.05) is 46.6 Å². The van der Waals surface area contributed by atoms with E-state index >= 15 is 0 Å². The summed E-state index contributed by atoms with van der Waals surface area (Å²) < 4.78 is 10.3. The summed E-state index contributed by atoms with van der Waals surface area (Å²) in [5.74, 6) is 0.339. The summed E-state index contributed by atoms with van der Waals surface area (Å²) in [6.45, 7) is 4.52. The number of nitrogens with two attached hydrogens (primary N) is 1. The van der Waals surface area contributed by atoms with E-state index < -0.39 is 4.92 Å². The van der Waals surface area contributed by atoms with Crippen LogP contribution in [-0.4, -0.2) is 73.1 Å². The van der Waals surface area contributed by atoms with Crippen LogP contribution in [0.15, 0.2) is 48.5 Å². The van der Waals surface area contributed by atoms with Crippen LogP contribution in [0.2, 0.25) is 0 Å². The van der Waals surface area contributed by atoms with Gasteiger partial charge in [-0.15, -0.1) is 12.4 Å². The Balaban J connectivity index is 0.000000324. The van der Waals surface area contributed by atoms with Gasteiger partial charge in [0.15, 0.2) is 0 Å². The van der Waals surface area contributed by atoms with Gasteiger partial charge in [-0.05, 0) is 50.4 Å². The SMILES string of the molecule is CN(CCc1ccc([N+](=O)[O-])cc1)C1CCOCC1.Cl.NCCc1ccc([N+](=O)[O-])cc1.O=C1CCOCC1. The van der Waals surface area contributed by atoms with Crippen LogP contribution in [0.1, 0.15) is 36.8 Å². The number of Topliss-reactive ketones (excluding diaryl/α,β-unsaturated/α-hetero) is 1. The van der Waals surface area contributed by atoms with Gasteiger partial charge >= 0.3 is 0 Å². The number of hydrogen-bond donors (Lipinski definition) is 1. The molecule has 0 aromatic heterocycles. The number of likely N-dealkylation sites (N-methyl/N-ethyl adjacent to an activating group) is 1. The van der Waals surface area contributed by atoms with Gasteiger partial charge in [-0.25, -0.2) is 0 Å². The molecule has 0 unspecified atom stereocenters. The van der Waals surface area contributed by atoms with E-state index in [9.17, 15) is 25.0 Å². The average molecular weight is 567 g/mol. The number of carbonyl (C=O) groups excluding carboxylic acids is 1. The van der Waals surface area contributed by atoms with Gasteiger partial charge in [0.2, 0.25) is 0 Å². The van der Waals surface area contributed by atoms with E-state index in [2.05, 4.69) is 11.9 Å². The lowest BCUT2D eigenvalue weighted by Crippen LogP contribution is -2.37. The molecule has 2 heterocycles. The summed E-state index contributed by atoms with van der Waals surface area (Å²) in [4.78, 5) is 32.8.